The number of carbonyl (C=O) groups is 1. The van der Waals surface area contributed by atoms with Crippen LogP contribution in [-0.4, -0.2) is 20.7 Å². The molecule has 0 fully saturated rings. The van der Waals surface area contributed by atoms with Crippen LogP contribution in [0.25, 0.3) is 0 Å². The largest absolute Gasteiger partial charge is 0.573 e. The zero-order valence-electron chi connectivity index (χ0n) is 15.1. The van der Waals surface area contributed by atoms with E-state index in [1.54, 1.807) is 12.1 Å². The van der Waals surface area contributed by atoms with E-state index in [-0.39, 0.29) is 17.8 Å². The molecule has 0 aliphatic carbocycles. The summed E-state index contributed by atoms with van der Waals surface area (Å²) < 4.78 is 73.6. The third-order valence-electron chi connectivity index (χ3n) is 3.77. The Morgan fingerprint density at radius 1 is 1.03 bits per heavy atom. The monoisotopic (exact) mass is 440 g/mol. The van der Waals surface area contributed by atoms with Gasteiger partial charge in [-0.15, -0.1) is 13.2 Å². The Bertz CT molecular complexity index is 1130. The molecule has 158 valence electrons. The lowest BCUT2D eigenvalue weighted by molar-refractivity contribution is -0.274. The van der Waals surface area contributed by atoms with Gasteiger partial charge in [0, 0.05) is 6.07 Å². The van der Waals surface area contributed by atoms with Crippen molar-refractivity contribution in [2.24, 2.45) is 0 Å². The molecule has 30 heavy (non-hydrogen) atoms. The molecule has 2 aromatic carbocycles. The van der Waals surface area contributed by atoms with E-state index in [0.29, 0.717) is 5.76 Å². The molecule has 0 radical (unpaired) electrons. The summed E-state index contributed by atoms with van der Waals surface area (Å²) in [6.45, 7) is 0.0870. The first kappa shape index (κ1) is 21.2. The number of halogens is 3. The average molecular weight is 440 g/mol. The van der Waals surface area contributed by atoms with Gasteiger partial charge in [-0.2, -0.15) is 0 Å². The van der Waals surface area contributed by atoms with Gasteiger partial charge in [0.05, 0.1) is 29.0 Å². The van der Waals surface area contributed by atoms with Crippen molar-refractivity contribution in [3.05, 3.63) is 78.3 Å². The fraction of sp³-hybridized carbons (Fsp3) is 0.105. The number of anilines is 1. The van der Waals surface area contributed by atoms with Crippen LogP contribution in [0.5, 0.6) is 5.75 Å². The number of carbonyl (C=O) groups excluding carboxylic acids is 1. The molecule has 3 rings (SSSR count). The van der Waals surface area contributed by atoms with Crippen molar-refractivity contribution >= 4 is 21.6 Å². The second-order valence-corrected chi connectivity index (χ2v) is 7.62. The Balaban J connectivity index is 1.80. The fourth-order valence-corrected chi connectivity index (χ4v) is 3.60. The maximum Gasteiger partial charge on any atom is 0.573 e. The normalized spacial score (nSPS) is 11.7. The number of furan rings is 1. The molecule has 3 aromatic rings. The third-order valence-corrected chi connectivity index (χ3v) is 5.13. The van der Waals surface area contributed by atoms with Crippen LogP contribution in [0.3, 0.4) is 0 Å². The van der Waals surface area contributed by atoms with Gasteiger partial charge in [0.15, 0.2) is 0 Å². The Morgan fingerprint density at radius 3 is 2.50 bits per heavy atom. The van der Waals surface area contributed by atoms with Crippen LogP contribution < -0.4 is 14.8 Å². The van der Waals surface area contributed by atoms with Gasteiger partial charge >= 0.3 is 6.36 Å². The molecule has 1 amide bonds. The van der Waals surface area contributed by atoms with Crippen LogP contribution >= 0.6 is 0 Å². The molecule has 2 N–H and O–H groups in total. The van der Waals surface area contributed by atoms with Gasteiger partial charge in [-0.3, -0.25) is 9.52 Å². The summed E-state index contributed by atoms with van der Waals surface area (Å²) in [6.07, 6.45) is -3.52. The highest BCUT2D eigenvalue weighted by Gasteiger charge is 2.31. The van der Waals surface area contributed by atoms with Crippen molar-refractivity contribution < 1.29 is 35.5 Å². The molecule has 0 spiro atoms. The van der Waals surface area contributed by atoms with Gasteiger partial charge in [-0.25, -0.2) is 8.42 Å². The lowest BCUT2D eigenvalue weighted by Crippen LogP contribution is -2.24. The minimum absolute atomic E-state index is 0.0235. The number of nitrogens with one attached hydrogen (secondary N) is 2. The van der Waals surface area contributed by atoms with E-state index in [9.17, 15) is 26.4 Å². The summed E-state index contributed by atoms with van der Waals surface area (Å²) in [5, 5.41) is 2.59. The maximum absolute atomic E-state index is 12.6. The number of rotatable bonds is 7. The summed E-state index contributed by atoms with van der Waals surface area (Å²) in [5.41, 5.74) is -0.0214. The second-order valence-electron chi connectivity index (χ2n) is 5.94. The molecule has 0 aliphatic heterocycles. The molecule has 11 heteroatoms. The van der Waals surface area contributed by atoms with E-state index < -0.39 is 32.9 Å². The topological polar surface area (TPSA) is 97.6 Å². The van der Waals surface area contributed by atoms with Gasteiger partial charge in [0.2, 0.25) is 0 Å². The number of hydrogen-bond donors (Lipinski definition) is 2. The number of ether oxygens (including phenoxy) is 1. The predicted molar refractivity (Wildman–Crippen MR) is 100 cm³/mol. The van der Waals surface area contributed by atoms with Crippen molar-refractivity contribution in [3.63, 3.8) is 0 Å². The molecule has 1 aromatic heterocycles. The highest BCUT2D eigenvalue weighted by atomic mass is 32.2. The maximum atomic E-state index is 12.6. The fourth-order valence-electron chi connectivity index (χ4n) is 2.49. The van der Waals surface area contributed by atoms with Gasteiger partial charge in [-0.05, 0) is 36.4 Å². The van der Waals surface area contributed by atoms with Crippen LogP contribution in [0.15, 0.2) is 76.2 Å². The van der Waals surface area contributed by atoms with E-state index in [1.165, 1.54) is 30.5 Å². The first-order valence-corrected chi connectivity index (χ1v) is 9.91. The van der Waals surface area contributed by atoms with Crippen LogP contribution in [0.4, 0.5) is 18.9 Å². The van der Waals surface area contributed by atoms with Gasteiger partial charge in [0.1, 0.15) is 11.5 Å². The summed E-state index contributed by atoms with van der Waals surface area (Å²) in [6, 6.07) is 13.0. The van der Waals surface area contributed by atoms with E-state index in [2.05, 4.69) is 14.8 Å². The minimum Gasteiger partial charge on any atom is -0.467 e. The smallest absolute Gasteiger partial charge is 0.467 e. The zero-order chi connectivity index (χ0) is 21.8. The predicted octanol–water partition coefficient (Wildman–Crippen LogP) is 3.91. The standard InChI is InChI=1S/C19H15F3N2O5S/c20-19(21,22)29-13-5-3-7-15(11-13)30(26,27)24-17-9-2-1-8-16(17)18(25)23-12-14-6-4-10-28-14/h1-11,24H,12H2,(H,23,25). The Labute approximate surface area is 169 Å². The summed E-state index contributed by atoms with van der Waals surface area (Å²) in [5.74, 6) is -0.753. The van der Waals surface area contributed by atoms with Crippen molar-refractivity contribution in [1.82, 2.24) is 5.32 Å². The first-order chi connectivity index (χ1) is 14.1. The Kier molecular flexibility index (Phi) is 6.01. The molecular weight excluding hydrogens is 425 g/mol. The summed E-state index contributed by atoms with van der Waals surface area (Å²) in [7, 11) is -4.30. The summed E-state index contributed by atoms with van der Waals surface area (Å²) >= 11 is 0. The number of benzene rings is 2. The van der Waals surface area contributed by atoms with Crippen molar-refractivity contribution in [3.8, 4) is 5.75 Å². The molecule has 0 saturated carbocycles. The van der Waals surface area contributed by atoms with Gasteiger partial charge in [0.25, 0.3) is 15.9 Å². The Hall–Kier alpha value is -3.47. The van der Waals surface area contributed by atoms with Crippen molar-refractivity contribution in [2.45, 2.75) is 17.8 Å². The molecule has 0 atom stereocenters. The third kappa shape index (κ3) is 5.54. The van der Waals surface area contributed by atoms with Crippen LogP contribution in [0.2, 0.25) is 0 Å². The number of para-hydroxylation sites is 1. The van der Waals surface area contributed by atoms with E-state index in [1.807, 2.05) is 0 Å². The molecule has 0 bridgehead atoms. The molecule has 0 aliphatic rings. The minimum atomic E-state index is -4.96. The highest BCUT2D eigenvalue weighted by Crippen LogP contribution is 2.26. The zero-order valence-corrected chi connectivity index (χ0v) is 16.0. The van der Waals surface area contributed by atoms with Crippen molar-refractivity contribution in [2.75, 3.05) is 4.72 Å². The second kappa shape index (κ2) is 8.49. The van der Waals surface area contributed by atoms with Gasteiger partial charge < -0.3 is 14.5 Å². The summed E-state index contributed by atoms with van der Waals surface area (Å²) in [4.78, 5) is 12.0. The lowest BCUT2D eigenvalue weighted by Gasteiger charge is -2.14. The molecule has 0 unspecified atom stereocenters. The molecule has 1 heterocycles. The van der Waals surface area contributed by atoms with Gasteiger partial charge in [-0.1, -0.05) is 18.2 Å². The van der Waals surface area contributed by atoms with Crippen molar-refractivity contribution in [1.29, 1.82) is 0 Å². The molecule has 0 saturated heterocycles. The SMILES string of the molecule is O=C(NCc1ccco1)c1ccccc1NS(=O)(=O)c1cccc(OC(F)(F)F)c1. The highest BCUT2D eigenvalue weighted by molar-refractivity contribution is 7.92. The average Bonchev–Trinajstić information content (AvgIpc) is 3.19. The number of sulfonamides is 1. The van der Waals surface area contributed by atoms with Crippen LogP contribution in [0, 0.1) is 0 Å². The van der Waals surface area contributed by atoms with Crippen LogP contribution in [-0.2, 0) is 16.6 Å². The quantitative estimate of drug-likeness (QED) is 0.581. The molecular formula is C19H15F3N2O5S. The number of alkyl halides is 3. The number of amides is 1. The first-order valence-electron chi connectivity index (χ1n) is 8.42. The van der Waals surface area contributed by atoms with E-state index >= 15 is 0 Å². The lowest BCUT2D eigenvalue weighted by atomic mass is 10.1. The van der Waals surface area contributed by atoms with Crippen LogP contribution in [0.1, 0.15) is 16.1 Å². The molecule has 7 nitrogen and oxygen atoms in total. The number of hydrogen-bond acceptors (Lipinski definition) is 5. The Morgan fingerprint density at radius 2 is 1.80 bits per heavy atom. The van der Waals surface area contributed by atoms with E-state index in [0.717, 1.165) is 24.3 Å². The van der Waals surface area contributed by atoms with E-state index in [4.69, 9.17) is 4.42 Å².